The van der Waals surface area contributed by atoms with Gasteiger partial charge in [-0.2, -0.15) is 5.10 Å². The highest BCUT2D eigenvalue weighted by Crippen LogP contribution is 2.23. The summed E-state index contributed by atoms with van der Waals surface area (Å²) in [6.45, 7) is 4.98. The molecule has 0 heterocycles. The predicted molar refractivity (Wildman–Crippen MR) is 143 cm³/mol. The minimum atomic E-state index is -0.968. The number of hydrogen-bond acceptors (Lipinski definition) is 7. The number of benzene rings is 3. The molecular formula is C27H26BrN3O6. The van der Waals surface area contributed by atoms with E-state index in [1.54, 1.807) is 66.7 Å². The van der Waals surface area contributed by atoms with Crippen molar-refractivity contribution in [3.05, 3.63) is 82.3 Å². The van der Waals surface area contributed by atoms with Crippen LogP contribution in [-0.4, -0.2) is 37.2 Å². The second-order valence-corrected chi connectivity index (χ2v) is 8.47. The van der Waals surface area contributed by atoms with Gasteiger partial charge in [-0.25, -0.2) is 10.2 Å². The van der Waals surface area contributed by atoms with E-state index >= 15 is 0 Å². The van der Waals surface area contributed by atoms with E-state index < -0.39 is 17.8 Å². The van der Waals surface area contributed by atoms with Crippen molar-refractivity contribution in [2.24, 2.45) is 5.10 Å². The molecule has 0 unspecified atom stereocenters. The fraction of sp³-hybridized carbons (Fsp3) is 0.185. The van der Waals surface area contributed by atoms with Gasteiger partial charge >= 0.3 is 17.8 Å². The Morgan fingerprint density at radius 1 is 0.892 bits per heavy atom. The van der Waals surface area contributed by atoms with Crippen LogP contribution in [0.5, 0.6) is 17.2 Å². The van der Waals surface area contributed by atoms with Crippen LogP contribution in [-0.2, 0) is 9.59 Å². The number of rotatable bonds is 10. The third-order valence-electron chi connectivity index (χ3n) is 4.74. The van der Waals surface area contributed by atoms with Crippen LogP contribution in [0.2, 0.25) is 0 Å². The molecule has 0 bridgehead atoms. The number of esters is 1. The standard InChI is InChI=1S/C27H26BrN3O6/c1-3-15-36-23-10-5-18(6-11-23)27(34)37-24-14-7-20(28)16-19(24)17-29-31-26(33)25(32)30-21-8-12-22(13-9-21)35-4-2/h5-14,16-17H,3-4,15H2,1-2H3,(H,30,32)(H,31,33). The Morgan fingerprint density at radius 2 is 1.57 bits per heavy atom. The van der Waals surface area contributed by atoms with Crippen LogP contribution in [0.25, 0.3) is 0 Å². The third-order valence-corrected chi connectivity index (χ3v) is 5.23. The van der Waals surface area contributed by atoms with Crippen molar-refractivity contribution in [3.8, 4) is 17.2 Å². The zero-order chi connectivity index (χ0) is 26.6. The highest BCUT2D eigenvalue weighted by molar-refractivity contribution is 9.10. The van der Waals surface area contributed by atoms with Crippen molar-refractivity contribution >= 4 is 45.6 Å². The molecule has 0 radical (unpaired) electrons. The van der Waals surface area contributed by atoms with Crippen molar-refractivity contribution in [1.29, 1.82) is 0 Å². The summed E-state index contributed by atoms with van der Waals surface area (Å²) in [6.07, 6.45) is 2.16. The number of ether oxygens (including phenoxy) is 3. The fourth-order valence-electron chi connectivity index (χ4n) is 2.98. The minimum Gasteiger partial charge on any atom is -0.494 e. The van der Waals surface area contributed by atoms with Gasteiger partial charge in [0.1, 0.15) is 17.2 Å². The molecule has 0 aliphatic heterocycles. The smallest absolute Gasteiger partial charge is 0.343 e. The molecule has 0 saturated carbocycles. The molecule has 2 amide bonds. The van der Waals surface area contributed by atoms with Crippen molar-refractivity contribution < 1.29 is 28.6 Å². The first-order valence-electron chi connectivity index (χ1n) is 11.5. The van der Waals surface area contributed by atoms with Crippen LogP contribution >= 0.6 is 15.9 Å². The lowest BCUT2D eigenvalue weighted by atomic mass is 10.2. The van der Waals surface area contributed by atoms with E-state index in [9.17, 15) is 14.4 Å². The number of anilines is 1. The first kappa shape index (κ1) is 27.4. The number of carbonyl (C=O) groups is 3. The summed E-state index contributed by atoms with van der Waals surface area (Å²) in [7, 11) is 0. The minimum absolute atomic E-state index is 0.219. The Labute approximate surface area is 222 Å². The summed E-state index contributed by atoms with van der Waals surface area (Å²) in [5, 5.41) is 6.30. The van der Waals surface area contributed by atoms with Gasteiger partial charge in [-0.3, -0.25) is 9.59 Å². The number of amides is 2. The van der Waals surface area contributed by atoms with E-state index in [-0.39, 0.29) is 5.75 Å². The molecule has 9 nitrogen and oxygen atoms in total. The van der Waals surface area contributed by atoms with Crippen molar-refractivity contribution in [3.63, 3.8) is 0 Å². The van der Waals surface area contributed by atoms with Gasteiger partial charge in [-0.15, -0.1) is 0 Å². The predicted octanol–water partition coefficient (Wildman–Crippen LogP) is 4.94. The van der Waals surface area contributed by atoms with Crippen LogP contribution in [0.4, 0.5) is 5.69 Å². The lowest BCUT2D eigenvalue weighted by molar-refractivity contribution is -0.136. The van der Waals surface area contributed by atoms with Gasteiger partial charge in [0.2, 0.25) is 0 Å². The number of hydrazone groups is 1. The zero-order valence-corrected chi connectivity index (χ0v) is 21.9. The van der Waals surface area contributed by atoms with E-state index in [1.807, 2.05) is 13.8 Å². The molecule has 0 aliphatic rings. The summed E-state index contributed by atoms with van der Waals surface area (Å²) in [5.41, 5.74) is 3.33. The maximum atomic E-state index is 12.6. The topological polar surface area (TPSA) is 115 Å². The number of nitrogens with one attached hydrogen (secondary N) is 2. The van der Waals surface area contributed by atoms with Gasteiger partial charge < -0.3 is 19.5 Å². The number of carbonyl (C=O) groups excluding carboxylic acids is 3. The lowest BCUT2D eigenvalue weighted by Gasteiger charge is -2.09. The van der Waals surface area contributed by atoms with E-state index in [1.165, 1.54) is 6.21 Å². The Kier molecular flexibility index (Phi) is 10.2. The van der Waals surface area contributed by atoms with Gasteiger partial charge in [-0.1, -0.05) is 22.9 Å². The molecule has 3 aromatic rings. The monoisotopic (exact) mass is 567 g/mol. The molecule has 0 spiro atoms. The fourth-order valence-corrected chi connectivity index (χ4v) is 3.36. The van der Waals surface area contributed by atoms with Crippen molar-refractivity contribution in [2.75, 3.05) is 18.5 Å². The lowest BCUT2D eigenvalue weighted by Crippen LogP contribution is -2.32. The van der Waals surface area contributed by atoms with Crippen LogP contribution in [0.3, 0.4) is 0 Å². The molecule has 0 aromatic heterocycles. The molecule has 0 fully saturated rings. The van der Waals surface area contributed by atoms with Crippen LogP contribution in [0.15, 0.2) is 76.3 Å². The molecule has 0 aliphatic carbocycles. The second-order valence-electron chi connectivity index (χ2n) is 7.56. The summed E-state index contributed by atoms with van der Waals surface area (Å²) in [4.78, 5) is 36.9. The Hall–Kier alpha value is -4.18. The Balaban J connectivity index is 1.60. The summed E-state index contributed by atoms with van der Waals surface area (Å²) in [5.74, 6) is -0.901. The average Bonchev–Trinajstić information content (AvgIpc) is 2.90. The molecule has 192 valence electrons. The van der Waals surface area contributed by atoms with Crippen LogP contribution in [0.1, 0.15) is 36.2 Å². The quantitative estimate of drug-likeness (QED) is 0.118. The van der Waals surface area contributed by atoms with Gasteiger partial charge in [0, 0.05) is 15.7 Å². The molecule has 37 heavy (non-hydrogen) atoms. The zero-order valence-electron chi connectivity index (χ0n) is 20.3. The summed E-state index contributed by atoms with van der Waals surface area (Å²) < 4.78 is 17.1. The van der Waals surface area contributed by atoms with E-state index in [0.717, 1.165) is 6.42 Å². The largest absolute Gasteiger partial charge is 0.494 e. The maximum absolute atomic E-state index is 12.6. The molecule has 3 rings (SSSR count). The average molecular weight is 568 g/mol. The van der Waals surface area contributed by atoms with Gasteiger partial charge in [-0.05, 0) is 80.1 Å². The first-order valence-corrected chi connectivity index (χ1v) is 12.3. The van der Waals surface area contributed by atoms with Crippen molar-refractivity contribution in [2.45, 2.75) is 20.3 Å². The van der Waals surface area contributed by atoms with E-state index in [2.05, 4.69) is 31.8 Å². The van der Waals surface area contributed by atoms with Crippen molar-refractivity contribution in [1.82, 2.24) is 5.43 Å². The third kappa shape index (κ3) is 8.46. The normalized spacial score (nSPS) is 10.6. The van der Waals surface area contributed by atoms with E-state index in [4.69, 9.17) is 14.2 Å². The number of nitrogens with zero attached hydrogens (tertiary/aromatic N) is 1. The number of halogens is 1. The van der Waals surface area contributed by atoms with Crippen LogP contribution in [0, 0.1) is 0 Å². The highest BCUT2D eigenvalue weighted by Gasteiger charge is 2.14. The first-order chi connectivity index (χ1) is 17.9. The SMILES string of the molecule is CCCOc1ccc(C(=O)Oc2ccc(Br)cc2C=NNC(=O)C(=O)Nc2ccc(OCC)cc2)cc1. The van der Waals surface area contributed by atoms with E-state index in [0.29, 0.717) is 46.0 Å². The molecule has 3 aromatic carbocycles. The van der Waals surface area contributed by atoms with Gasteiger partial charge in [0.15, 0.2) is 0 Å². The summed E-state index contributed by atoms with van der Waals surface area (Å²) in [6, 6.07) is 18.2. The van der Waals surface area contributed by atoms with Crippen LogP contribution < -0.4 is 25.0 Å². The van der Waals surface area contributed by atoms with Gasteiger partial charge in [0.25, 0.3) is 0 Å². The second kappa shape index (κ2) is 13.8. The highest BCUT2D eigenvalue weighted by atomic mass is 79.9. The molecule has 0 atom stereocenters. The maximum Gasteiger partial charge on any atom is 0.343 e. The van der Waals surface area contributed by atoms with Gasteiger partial charge in [0.05, 0.1) is 25.0 Å². The molecule has 2 N–H and O–H groups in total. The Morgan fingerprint density at radius 3 is 2.24 bits per heavy atom. The molecule has 0 saturated heterocycles. The molecule has 10 heteroatoms. The Bertz CT molecular complexity index is 1260. The molecular weight excluding hydrogens is 542 g/mol. The summed E-state index contributed by atoms with van der Waals surface area (Å²) >= 11 is 3.36. The number of hydrogen-bond donors (Lipinski definition) is 2.